The highest BCUT2D eigenvalue weighted by Gasteiger charge is 2.33. The number of nitrogens with zero attached hydrogens (tertiary/aromatic N) is 1. The molecule has 1 N–H and O–H groups in total. The summed E-state index contributed by atoms with van der Waals surface area (Å²) in [5.74, 6) is 0.0799. The Hall–Kier alpha value is -2.11. The van der Waals surface area contributed by atoms with E-state index in [1.807, 2.05) is 31.2 Å². The van der Waals surface area contributed by atoms with Gasteiger partial charge >= 0.3 is 0 Å². The lowest BCUT2D eigenvalue weighted by Gasteiger charge is -2.14. The maximum atomic E-state index is 12.6. The van der Waals surface area contributed by atoms with Crippen molar-refractivity contribution < 1.29 is 9.90 Å². The fraction of sp³-hybridized carbons (Fsp3) is 0.0588. The summed E-state index contributed by atoms with van der Waals surface area (Å²) in [5.41, 5.74) is 2.76. The third-order valence-corrected chi connectivity index (χ3v) is 4.58. The quantitative estimate of drug-likeness (QED) is 0.666. The van der Waals surface area contributed by atoms with Crippen molar-refractivity contribution in [3.05, 3.63) is 64.6 Å². The number of carbonyl (C=O) groups is 1. The maximum absolute atomic E-state index is 12.6. The van der Waals surface area contributed by atoms with Crippen molar-refractivity contribution in [3.63, 3.8) is 0 Å². The van der Waals surface area contributed by atoms with E-state index in [0.29, 0.717) is 9.23 Å². The SMILES string of the molecule is Cc1ccc(N2C(=O)C(=Cc3ccc(O)cc3)SC2=S)cc1. The molecule has 3 nitrogen and oxygen atoms in total. The Balaban J connectivity index is 1.91. The van der Waals surface area contributed by atoms with E-state index in [4.69, 9.17) is 12.2 Å². The van der Waals surface area contributed by atoms with E-state index >= 15 is 0 Å². The third-order valence-electron chi connectivity index (χ3n) is 3.28. The number of aryl methyl sites for hydroxylation is 1. The van der Waals surface area contributed by atoms with Crippen LogP contribution in [0.4, 0.5) is 5.69 Å². The predicted octanol–water partition coefficient (Wildman–Crippen LogP) is 4.11. The molecular formula is C17H13NO2S2. The van der Waals surface area contributed by atoms with Gasteiger partial charge in [-0.2, -0.15) is 0 Å². The van der Waals surface area contributed by atoms with E-state index in [0.717, 1.165) is 16.8 Å². The van der Waals surface area contributed by atoms with Crippen molar-refractivity contribution in [2.24, 2.45) is 0 Å². The number of thiocarbonyl (C=S) groups is 1. The van der Waals surface area contributed by atoms with Gasteiger partial charge in [-0.25, -0.2) is 0 Å². The Kier molecular flexibility index (Phi) is 4.00. The van der Waals surface area contributed by atoms with Gasteiger partial charge in [0.25, 0.3) is 5.91 Å². The van der Waals surface area contributed by atoms with E-state index < -0.39 is 0 Å². The normalized spacial score (nSPS) is 16.6. The van der Waals surface area contributed by atoms with Gasteiger partial charge in [-0.15, -0.1) is 0 Å². The van der Waals surface area contributed by atoms with Gasteiger partial charge in [0.1, 0.15) is 5.75 Å². The Morgan fingerprint density at radius 1 is 1.09 bits per heavy atom. The molecule has 1 heterocycles. The van der Waals surface area contributed by atoms with Crippen molar-refractivity contribution >= 4 is 46.0 Å². The first-order valence-electron chi connectivity index (χ1n) is 6.68. The molecule has 5 heteroatoms. The molecule has 0 spiro atoms. The lowest BCUT2D eigenvalue weighted by Crippen LogP contribution is -2.27. The first kappa shape index (κ1) is 14.8. The number of aromatic hydroxyl groups is 1. The van der Waals surface area contributed by atoms with Crippen LogP contribution in [0, 0.1) is 6.92 Å². The minimum Gasteiger partial charge on any atom is -0.508 e. The van der Waals surface area contributed by atoms with Gasteiger partial charge < -0.3 is 5.11 Å². The van der Waals surface area contributed by atoms with Gasteiger partial charge in [0, 0.05) is 0 Å². The van der Waals surface area contributed by atoms with Gasteiger partial charge in [0.2, 0.25) is 0 Å². The topological polar surface area (TPSA) is 40.5 Å². The summed E-state index contributed by atoms with van der Waals surface area (Å²) < 4.78 is 0.527. The molecule has 1 saturated heterocycles. The molecule has 1 amide bonds. The Labute approximate surface area is 138 Å². The zero-order chi connectivity index (χ0) is 15.7. The number of anilines is 1. The van der Waals surface area contributed by atoms with Crippen molar-refractivity contribution in [3.8, 4) is 5.75 Å². The van der Waals surface area contributed by atoms with Crippen molar-refractivity contribution in [1.82, 2.24) is 0 Å². The van der Waals surface area contributed by atoms with Crippen LogP contribution in [0.2, 0.25) is 0 Å². The van der Waals surface area contributed by atoms with Crippen molar-refractivity contribution in [2.45, 2.75) is 6.92 Å². The molecule has 0 unspecified atom stereocenters. The second-order valence-electron chi connectivity index (χ2n) is 4.94. The standard InChI is InChI=1S/C17H13NO2S2/c1-11-2-6-13(7-3-11)18-16(20)15(22-17(18)21)10-12-4-8-14(19)9-5-12/h2-10,19H,1H3. The molecule has 1 aliphatic rings. The van der Waals surface area contributed by atoms with E-state index in [2.05, 4.69) is 0 Å². The molecule has 0 bridgehead atoms. The monoisotopic (exact) mass is 327 g/mol. The average Bonchev–Trinajstić information content (AvgIpc) is 2.77. The highest BCUT2D eigenvalue weighted by molar-refractivity contribution is 8.27. The summed E-state index contributed by atoms with van der Waals surface area (Å²) in [7, 11) is 0. The fourth-order valence-electron chi connectivity index (χ4n) is 2.11. The van der Waals surface area contributed by atoms with Gasteiger partial charge in [-0.3, -0.25) is 9.69 Å². The molecule has 22 heavy (non-hydrogen) atoms. The Morgan fingerprint density at radius 3 is 2.36 bits per heavy atom. The second kappa shape index (κ2) is 5.94. The molecule has 1 fully saturated rings. The third kappa shape index (κ3) is 2.91. The van der Waals surface area contributed by atoms with Crippen molar-refractivity contribution in [2.75, 3.05) is 4.90 Å². The molecule has 0 radical (unpaired) electrons. The van der Waals surface area contributed by atoms with E-state index in [-0.39, 0.29) is 11.7 Å². The summed E-state index contributed by atoms with van der Waals surface area (Å²) in [6.45, 7) is 2.00. The van der Waals surface area contributed by atoms with Gasteiger partial charge in [0.05, 0.1) is 10.6 Å². The highest BCUT2D eigenvalue weighted by Crippen LogP contribution is 2.36. The minimum absolute atomic E-state index is 0.119. The highest BCUT2D eigenvalue weighted by atomic mass is 32.2. The van der Waals surface area contributed by atoms with Gasteiger partial charge in [-0.05, 0) is 42.8 Å². The number of rotatable bonds is 2. The molecule has 0 aliphatic carbocycles. The number of phenolic OH excluding ortho intramolecular Hbond substituents is 1. The molecule has 2 aromatic carbocycles. The predicted molar refractivity (Wildman–Crippen MR) is 94.9 cm³/mol. The van der Waals surface area contributed by atoms with Crippen LogP contribution in [0.25, 0.3) is 6.08 Å². The lowest BCUT2D eigenvalue weighted by molar-refractivity contribution is -0.113. The summed E-state index contributed by atoms with van der Waals surface area (Å²) in [5, 5.41) is 9.30. The number of carbonyl (C=O) groups excluding carboxylic acids is 1. The summed E-state index contributed by atoms with van der Waals surface area (Å²) in [6, 6.07) is 14.4. The number of hydrogen-bond donors (Lipinski definition) is 1. The summed E-state index contributed by atoms with van der Waals surface area (Å²) in [4.78, 5) is 14.7. The average molecular weight is 327 g/mol. The fourth-order valence-corrected chi connectivity index (χ4v) is 3.41. The van der Waals surface area contributed by atoms with Crippen LogP contribution < -0.4 is 4.90 Å². The molecular weight excluding hydrogens is 314 g/mol. The molecule has 0 aromatic heterocycles. The zero-order valence-electron chi connectivity index (χ0n) is 11.8. The molecule has 2 aromatic rings. The van der Waals surface area contributed by atoms with Crippen LogP contribution in [0.3, 0.4) is 0 Å². The molecule has 110 valence electrons. The second-order valence-corrected chi connectivity index (χ2v) is 6.62. The summed E-state index contributed by atoms with van der Waals surface area (Å²) >= 11 is 6.62. The van der Waals surface area contributed by atoms with Crippen LogP contribution in [-0.2, 0) is 4.79 Å². The van der Waals surface area contributed by atoms with E-state index in [1.165, 1.54) is 11.8 Å². The zero-order valence-corrected chi connectivity index (χ0v) is 13.4. The van der Waals surface area contributed by atoms with Crippen LogP contribution in [0.15, 0.2) is 53.4 Å². The molecule has 0 atom stereocenters. The van der Waals surface area contributed by atoms with Gasteiger partial charge in [-0.1, -0.05) is 53.8 Å². The molecule has 1 aliphatic heterocycles. The number of amides is 1. The largest absolute Gasteiger partial charge is 0.508 e. The van der Waals surface area contributed by atoms with E-state index in [9.17, 15) is 9.90 Å². The number of thioether (sulfide) groups is 1. The number of benzene rings is 2. The minimum atomic E-state index is -0.119. The van der Waals surface area contributed by atoms with Crippen LogP contribution in [0.1, 0.15) is 11.1 Å². The van der Waals surface area contributed by atoms with Crippen LogP contribution in [-0.4, -0.2) is 15.3 Å². The molecule has 3 rings (SSSR count). The number of phenols is 1. The molecule has 0 saturated carbocycles. The van der Waals surface area contributed by atoms with E-state index in [1.54, 1.807) is 35.2 Å². The first-order chi connectivity index (χ1) is 10.5. The smallest absolute Gasteiger partial charge is 0.270 e. The maximum Gasteiger partial charge on any atom is 0.270 e. The lowest BCUT2D eigenvalue weighted by atomic mass is 10.2. The summed E-state index contributed by atoms with van der Waals surface area (Å²) in [6.07, 6.45) is 1.78. The van der Waals surface area contributed by atoms with Crippen molar-refractivity contribution in [1.29, 1.82) is 0 Å². The van der Waals surface area contributed by atoms with Crippen LogP contribution in [0.5, 0.6) is 5.75 Å². The first-order valence-corrected chi connectivity index (χ1v) is 7.91. The number of hydrogen-bond acceptors (Lipinski definition) is 4. The Morgan fingerprint density at radius 2 is 1.73 bits per heavy atom. The Bertz CT molecular complexity index is 764. The van der Waals surface area contributed by atoms with Crippen LogP contribution >= 0.6 is 24.0 Å². The van der Waals surface area contributed by atoms with Gasteiger partial charge in [0.15, 0.2) is 4.32 Å².